The third-order valence-corrected chi connectivity index (χ3v) is 4.08. The van der Waals surface area contributed by atoms with Gasteiger partial charge in [0.25, 0.3) is 0 Å². The lowest BCUT2D eigenvalue weighted by atomic mass is 10.1. The lowest BCUT2D eigenvalue weighted by molar-refractivity contribution is -0.0504. The van der Waals surface area contributed by atoms with E-state index < -0.39 is 6.61 Å². The molecule has 0 saturated heterocycles. The van der Waals surface area contributed by atoms with Crippen LogP contribution in [0.3, 0.4) is 0 Å². The SMILES string of the molecule is CCNC(=NCc1ccccc1OC(F)F)NCCc1ccc2c(c1)OCO2. The summed E-state index contributed by atoms with van der Waals surface area (Å²) in [4.78, 5) is 4.47. The van der Waals surface area contributed by atoms with Crippen LogP contribution in [-0.4, -0.2) is 32.5 Å². The molecular formula is C20H23F2N3O3. The molecule has 0 atom stereocenters. The monoisotopic (exact) mass is 391 g/mol. The molecule has 6 nitrogen and oxygen atoms in total. The highest BCUT2D eigenvalue weighted by Crippen LogP contribution is 2.32. The van der Waals surface area contributed by atoms with Crippen molar-refractivity contribution in [3.05, 3.63) is 53.6 Å². The summed E-state index contributed by atoms with van der Waals surface area (Å²) < 4.78 is 40.3. The second-order valence-electron chi connectivity index (χ2n) is 6.05. The van der Waals surface area contributed by atoms with E-state index in [2.05, 4.69) is 20.4 Å². The van der Waals surface area contributed by atoms with E-state index in [1.165, 1.54) is 6.07 Å². The molecule has 0 aromatic heterocycles. The number of guanidine groups is 1. The number of nitrogens with zero attached hydrogens (tertiary/aromatic N) is 1. The number of hydrogen-bond donors (Lipinski definition) is 2. The standard InChI is InChI=1S/C20H23F2N3O3/c1-2-23-20(25-12-15-5-3-4-6-16(15)28-19(21)22)24-10-9-14-7-8-17-18(11-14)27-13-26-17/h3-8,11,19H,2,9-10,12-13H2,1H3,(H2,23,24,25). The maximum atomic E-state index is 12.5. The summed E-state index contributed by atoms with van der Waals surface area (Å²) in [7, 11) is 0. The highest BCUT2D eigenvalue weighted by molar-refractivity contribution is 5.79. The molecule has 1 aliphatic rings. The lowest BCUT2D eigenvalue weighted by Crippen LogP contribution is -2.38. The van der Waals surface area contributed by atoms with Gasteiger partial charge in [-0.25, -0.2) is 4.99 Å². The summed E-state index contributed by atoms with van der Waals surface area (Å²) in [5.74, 6) is 2.26. The van der Waals surface area contributed by atoms with E-state index in [-0.39, 0.29) is 19.1 Å². The predicted molar refractivity (Wildman–Crippen MR) is 102 cm³/mol. The Labute approximate surface area is 162 Å². The van der Waals surface area contributed by atoms with Gasteiger partial charge in [-0.05, 0) is 37.1 Å². The van der Waals surface area contributed by atoms with Crippen LogP contribution in [0.5, 0.6) is 17.2 Å². The van der Waals surface area contributed by atoms with Gasteiger partial charge in [0.05, 0.1) is 6.54 Å². The molecule has 8 heteroatoms. The van der Waals surface area contributed by atoms with Crippen molar-refractivity contribution < 1.29 is 23.0 Å². The maximum Gasteiger partial charge on any atom is 0.387 e. The second-order valence-corrected chi connectivity index (χ2v) is 6.05. The van der Waals surface area contributed by atoms with Crippen molar-refractivity contribution in [1.82, 2.24) is 10.6 Å². The smallest absolute Gasteiger partial charge is 0.387 e. The number of fused-ring (bicyclic) bond motifs is 1. The highest BCUT2D eigenvalue weighted by atomic mass is 19.3. The molecule has 1 heterocycles. The van der Waals surface area contributed by atoms with E-state index in [1.807, 2.05) is 25.1 Å². The molecule has 0 spiro atoms. The molecule has 0 unspecified atom stereocenters. The quantitative estimate of drug-likeness (QED) is 0.534. The van der Waals surface area contributed by atoms with Crippen LogP contribution in [0.4, 0.5) is 8.78 Å². The summed E-state index contributed by atoms with van der Waals surface area (Å²) in [6, 6.07) is 12.5. The van der Waals surface area contributed by atoms with Gasteiger partial charge in [0.1, 0.15) is 5.75 Å². The van der Waals surface area contributed by atoms with Crippen LogP contribution < -0.4 is 24.8 Å². The first-order valence-corrected chi connectivity index (χ1v) is 9.09. The fourth-order valence-electron chi connectivity index (χ4n) is 2.77. The molecule has 0 bridgehead atoms. The van der Waals surface area contributed by atoms with Crippen LogP contribution in [0.2, 0.25) is 0 Å². The third-order valence-electron chi connectivity index (χ3n) is 4.08. The van der Waals surface area contributed by atoms with Gasteiger partial charge in [-0.2, -0.15) is 8.78 Å². The molecule has 0 aliphatic carbocycles. The van der Waals surface area contributed by atoms with Crippen LogP contribution in [0.25, 0.3) is 0 Å². The van der Waals surface area contributed by atoms with Crippen LogP contribution in [0.1, 0.15) is 18.1 Å². The average molecular weight is 391 g/mol. The zero-order chi connectivity index (χ0) is 19.8. The van der Waals surface area contributed by atoms with Gasteiger partial charge in [-0.3, -0.25) is 0 Å². The number of aliphatic imine (C=N–C) groups is 1. The van der Waals surface area contributed by atoms with Gasteiger partial charge in [-0.15, -0.1) is 0 Å². The Hall–Kier alpha value is -3.03. The normalized spacial score (nSPS) is 12.9. The van der Waals surface area contributed by atoms with E-state index >= 15 is 0 Å². The van der Waals surface area contributed by atoms with E-state index in [4.69, 9.17) is 9.47 Å². The molecule has 2 N–H and O–H groups in total. The second kappa shape index (κ2) is 9.77. The van der Waals surface area contributed by atoms with Crippen molar-refractivity contribution in [2.45, 2.75) is 26.5 Å². The summed E-state index contributed by atoms with van der Waals surface area (Å²) in [5.41, 5.74) is 1.71. The molecule has 1 aliphatic heterocycles. The van der Waals surface area contributed by atoms with Crippen LogP contribution in [-0.2, 0) is 13.0 Å². The molecule has 3 rings (SSSR count). The number of nitrogens with one attached hydrogen (secondary N) is 2. The predicted octanol–water partition coefficient (Wildman–Crippen LogP) is 3.31. The number of alkyl halides is 2. The fraction of sp³-hybridized carbons (Fsp3) is 0.350. The molecular weight excluding hydrogens is 368 g/mol. The van der Waals surface area contributed by atoms with Crippen molar-refractivity contribution in [1.29, 1.82) is 0 Å². The molecule has 0 radical (unpaired) electrons. The number of benzene rings is 2. The largest absolute Gasteiger partial charge is 0.454 e. The topological polar surface area (TPSA) is 64.1 Å². The van der Waals surface area contributed by atoms with Gasteiger partial charge in [0, 0.05) is 18.7 Å². The molecule has 2 aromatic rings. The first kappa shape index (κ1) is 19.7. The van der Waals surface area contributed by atoms with Gasteiger partial charge in [0.15, 0.2) is 17.5 Å². The Bertz CT molecular complexity index is 815. The first-order valence-electron chi connectivity index (χ1n) is 9.09. The minimum Gasteiger partial charge on any atom is -0.454 e. The van der Waals surface area contributed by atoms with Gasteiger partial charge in [0.2, 0.25) is 6.79 Å². The van der Waals surface area contributed by atoms with E-state index in [0.717, 1.165) is 23.5 Å². The zero-order valence-corrected chi connectivity index (χ0v) is 15.6. The summed E-state index contributed by atoms with van der Waals surface area (Å²) in [6.07, 6.45) is 0.770. The summed E-state index contributed by atoms with van der Waals surface area (Å²) >= 11 is 0. The molecule has 0 fully saturated rings. The summed E-state index contributed by atoms with van der Waals surface area (Å²) in [5, 5.41) is 6.39. The van der Waals surface area contributed by atoms with E-state index in [9.17, 15) is 8.78 Å². The number of para-hydroxylation sites is 1. The molecule has 28 heavy (non-hydrogen) atoms. The minimum atomic E-state index is -2.86. The van der Waals surface area contributed by atoms with Gasteiger partial charge < -0.3 is 24.8 Å². The van der Waals surface area contributed by atoms with E-state index in [1.54, 1.807) is 18.2 Å². The Morgan fingerprint density at radius 3 is 2.79 bits per heavy atom. The third kappa shape index (κ3) is 5.48. The van der Waals surface area contributed by atoms with E-state index in [0.29, 0.717) is 24.6 Å². The molecule has 150 valence electrons. The average Bonchev–Trinajstić information content (AvgIpc) is 3.14. The van der Waals surface area contributed by atoms with Crippen molar-refractivity contribution >= 4 is 5.96 Å². The zero-order valence-electron chi connectivity index (χ0n) is 15.6. The fourth-order valence-corrected chi connectivity index (χ4v) is 2.77. The first-order chi connectivity index (χ1) is 13.7. The molecule has 0 saturated carbocycles. The van der Waals surface area contributed by atoms with Gasteiger partial charge in [-0.1, -0.05) is 24.3 Å². The Balaban J connectivity index is 1.57. The number of rotatable bonds is 8. The Morgan fingerprint density at radius 2 is 1.96 bits per heavy atom. The lowest BCUT2D eigenvalue weighted by Gasteiger charge is -2.13. The van der Waals surface area contributed by atoms with Crippen LogP contribution in [0.15, 0.2) is 47.5 Å². The van der Waals surface area contributed by atoms with Crippen molar-refractivity contribution in [3.63, 3.8) is 0 Å². The molecule has 0 amide bonds. The van der Waals surface area contributed by atoms with Gasteiger partial charge >= 0.3 is 6.61 Å². The van der Waals surface area contributed by atoms with Crippen LogP contribution in [0, 0.1) is 0 Å². The maximum absolute atomic E-state index is 12.5. The van der Waals surface area contributed by atoms with Crippen molar-refractivity contribution in [2.24, 2.45) is 4.99 Å². The van der Waals surface area contributed by atoms with Crippen molar-refractivity contribution in [3.8, 4) is 17.2 Å². The Kier molecular flexibility index (Phi) is 6.89. The molecule has 2 aromatic carbocycles. The number of halogens is 2. The Morgan fingerprint density at radius 1 is 1.14 bits per heavy atom. The van der Waals surface area contributed by atoms with Crippen molar-refractivity contribution in [2.75, 3.05) is 19.9 Å². The number of ether oxygens (including phenoxy) is 3. The highest BCUT2D eigenvalue weighted by Gasteiger charge is 2.13. The number of hydrogen-bond acceptors (Lipinski definition) is 4. The minimum absolute atomic E-state index is 0.137. The van der Waals surface area contributed by atoms with Crippen LogP contribution >= 0.6 is 0 Å². The summed E-state index contributed by atoms with van der Waals surface area (Å²) in [6.45, 7) is 0.917.